The summed E-state index contributed by atoms with van der Waals surface area (Å²) in [5.41, 5.74) is 6.47. The quantitative estimate of drug-likeness (QED) is 0.822. The van der Waals surface area contributed by atoms with Crippen LogP contribution in [0.2, 0.25) is 0 Å². The number of phenolic OH excluding ortho intramolecular Hbond substituents is 1. The molecule has 0 radical (unpaired) electrons. The minimum absolute atomic E-state index is 0. The standard InChI is InChI=1S/C20H24N2O.BrH/c1-14(19-6-4-5-10-21-19)20-15(9-11-22(2)3)12-16-13-17(23)7-8-18(16)20;/h4-8,10,13-14,23H,9,11-12H2,1-3H3;1H. The van der Waals surface area contributed by atoms with Gasteiger partial charge < -0.3 is 10.0 Å². The van der Waals surface area contributed by atoms with Gasteiger partial charge in [0.25, 0.3) is 0 Å². The summed E-state index contributed by atoms with van der Waals surface area (Å²) in [6.45, 7) is 3.27. The average molecular weight is 389 g/mol. The molecule has 24 heavy (non-hydrogen) atoms. The highest BCUT2D eigenvalue weighted by Crippen LogP contribution is 2.43. The molecule has 0 amide bonds. The number of hydrogen-bond donors (Lipinski definition) is 1. The number of nitrogens with zero attached hydrogens (tertiary/aromatic N) is 2. The highest BCUT2D eigenvalue weighted by atomic mass is 79.9. The van der Waals surface area contributed by atoms with E-state index < -0.39 is 0 Å². The van der Waals surface area contributed by atoms with Crippen molar-refractivity contribution >= 4 is 22.6 Å². The molecule has 1 atom stereocenters. The molecule has 0 saturated carbocycles. The van der Waals surface area contributed by atoms with Gasteiger partial charge in [-0.05, 0) is 67.9 Å². The maximum absolute atomic E-state index is 9.80. The molecular formula is C20H25BrN2O. The first-order chi connectivity index (χ1) is 11.1. The number of aromatic hydroxyl groups is 1. The number of benzene rings is 1. The monoisotopic (exact) mass is 388 g/mol. The molecule has 2 aromatic rings. The maximum atomic E-state index is 9.80. The lowest BCUT2D eigenvalue weighted by atomic mass is 9.89. The first-order valence-electron chi connectivity index (χ1n) is 8.16. The molecule has 1 heterocycles. The van der Waals surface area contributed by atoms with Crippen LogP contribution in [-0.4, -0.2) is 35.6 Å². The van der Waals surface area contributed by atoms with E-state index in [1.165, 1.54) is 22.3 Å². The summed E-state index contributed by atoms with van der Waals surface area (Å²) < 4.78 is 0. The largest absolute Gasteiger partial charge is 0.508 e. The molecule has 0 spiro atoms. The molecule has 1 N–H and O–H groups in total. The van der Waals surface area contributed by atoms with Gasteiger partial charge >= 0.3 is 0 Å². The fourth-order valence-corrected chi connectivity index (χ4v) is 3.41. The van der Waals surface area contributed by atoms with E-state index in [-0.39, 0.29) is 22.9 Å². The van der Waals surface area contributed by atoms with Gasteiger partial charge in [-0.1, -0.05) is 24.6 Å². The van der Waals surface area contributed by atoms with E-state index in [1.807, 2.05) is 24.4 Å². The summed E-state index contributed by atoms with van der Waals surface area (Å²) in [4.78, 5) is 6.77. The molecule has 0 fully saturated rings. The molecule has 1 aliphatic rings. The highest BCUT2D eigenvalue weighted by Gasteiger charge is 2.26. The summed E-state index contributed by atoms with van der Waals surface area (Å²) in [6.07, 6.45) is 3.84. The molecule has 1 aromatic carbocycles. The van der Waals surface area contributed by atoms with Gasteiger partial charge in [-0.2, -0.15) is 0 Å². The topological polar surface area (TPSA) is 36.4 Å². The van der Waals surface area contributed by atoms with Crippen LogP contribution in [0.25, 0.3) is 5.57 Å². The van der Waals surface area contributed by atoms with Crippen LogP contribution >= 0.6 is 17.0 Å². The second kappa shape index (κ2) is 7.95. The van der Waals surface area contributed by atoms with E-state index in [2.05, 4.69) is 43.0 Å². The Bertz CT molecular complexity index is 726. The Balaban J connectivity index is 0.00000208. The van der Waals surface area contributed by atoms with E-state index in [0.717, 1.165) is 25.1 Å². The maximum Gasteiger partial charge on any atom is 0.115 e. The summed E-state index contributed by atoms with van der Waals surface area (Å²) in [5, 5.41) is 9.80. The normalized spacial score (nSPS) is 14.5. The smallest absolute Gasteiger partial charge is 0.115 e. The van der Waals surface area contributed by atoms with Crippen molar-refractivity contribution in [1.29, 1.82) is 0 Å². The average Bonchev–Trinajstić information content (AvgIpc) is 2.90. The Morgan fingerprint density at radius 1 is 1.21 bits per heavy atom. The molecule has 3 nitrogen and oxygen atoms in total. The number of phenols is 1. The van der Waals surface area contributed by atoms with Crippen molar-refractivity contribution < 1.29 is 5.11 Å². The van der Waals surface area contributed by atoms with Crippen LogP contribution in [0, 0.1) is 0 Å². The van der Waals surface area contributed by atoms with Crippen molar-refractivity contribution in [2.24, 2.45) is 0 Å². The third-order valence-electron chi connectivity index (χ3n) is 4.59. The second-order valence-corrected chi connectivity index (χ2v) is 6.57. The number of hydrogen-bond acceptors (Lipinski definition) is 3. The summed E-state index contributed by atoms with van der Waals surface area (Å²) in [6, 6.07) is 11.9. The van der Waals surface area contributed by atoms with Gasteiger partial charge in [-0.25, -0.2) is 0 Å². The molecule has 0 saturated heterocycles. The zero-order chi connectivity index (χ0) is 16.4. The summed E-state index contributed by atoms with van der Waals surface area (Å²) in [7, 11) is 4.21. The lowest BCUT2D eigenvalue weighted by Crippen LogP contribution is -2.14. The van der Waals surface area contributed by atoms with Crippen LogP contribution in [0.4, 0.5) is 0 Å². The highest BCUT2D eigenvalue weighted by molar-refractivity contribution is 8.93. The molecular weight excluding hydrogens is 364 g/mol. The minimum atomic E-state index is 0. The number of rotatable bonds is 5. The van der Waals surface area contributed by atoms with Crippen LogP contribution in [0.1, 0.15) is 36.1 Å². The van der Waals surface area contributed by atoms with Gasteiger partial charge in [0, 0.05) is 24.4 Å². The molecule has 4 heteroatoms. The van der Waals surface area contributed by atoms with Crippen molar-refractivity contribution in [3.8, 4) is 5.75 Å². The fourth-order valence-electron chi connectivity index (χ4n) is 3.41. The molecule has 1 aliphatic carbocycles. The molecule has 0 aliphatic heterocycles. The molecule has 128 valence electrons. The number of allylic oxidation sites excluding steroid dienone is 1. The number of halogens is 1. The van der Waals surface area contributed by atoms with Crippen LogP contribution < -0.4 is 0 Å². The van der Waals surface area contributed by atoms with Crippen molar-refractivity contribution in [1.82, 2.24) is 9.88 Å². The Hall–Kier alpha value is -1.65. The van der Waals surface area contributed by atoms with Crippen molar-refractivity contribution in [2.45, 2.75) is 25.7 Å². The predicted molar refractivity (Wildman–Crippen MR) is 105 cm³/mol. The van der Waals surface area contributed by atoms with Gasteiger partial charge in [-0.3, -0.25) is 4.98 Å². The first-order valence-corrected chi connectivity index (χ1v) is 8.16. The van der Waals surface area contributed by atoms with E-state index in [0.29, 0.717) is 5.75 Å². The fraction of sp³-hybridized carbons (Fsp3) is 0.350. The number of fused-ring (bicyclic) bond motifs is 1. The minimum Gasteiger partial charge on any atom is -0.508 e. The van der Waals surface area contributed by atoms with Crippen LogP contribution in [-0.2, 0) is 6.42 Å². The van der Waals surface area contributed by atoms with Crippen molar-refractivity contribution in [2.75, 3.05) is 20.6 Å². The van der Waals surface area contributed by atoms with Gasteiger partial charge in [-0.15, -0.1) is 17.0 Å². The van der Waals surface area contributed by atoms with Gasteiger partial charge in [0.1, 0.15) is 5.75 Å². The molecule has 0 bridgehead atoms. The Morgan fingerprint density at radius 3 is 2.67 bits per heavy atom. The van der Waals surface area contributed by atoms with E-state index in [4.69, 9.17) is 0 Å². The summed E-state index contributed by atoms with van der Waals surface area (Å²) in [5.74, 6) is 0.613. The lowest BCUT2D eigenvalue weighted by molar-refractivity contribution is 0.412. The number of pyridine rings is 1. The Kier molecular flexibility index (Phi) is 6.19. The molecule has 1 unspecified atom stereocenters. The van der Waals surface area contributed by atoms with Crippen molar-refractivity contribution in [3.05, 3.63) is 65.0 Å². The number of aromatic nitrogens is 1. The van der Waals surface area contributed by atoms with E-state index in [9.17, 15) is 5.11 Å². The molecule has 3 rings (SSSR count). The zero-order valence-corrected chi connectivity index (χ0v) is 16.2. The van der Waals surface area contributed by atoms with Crippen LogP contribution in [0.5, 0.6) is 5.75 Å². The van der Waals surface area contributed by atoms with E-state index >= 15 is 0 Å². The van der Waals surface area contributed by atoms with Gasteiger partial charge in [0.05, 0.1) is 0 Å². The third kappa shape index (κ3) is 3.87. The first kappa shape index (κ1) is 18.7. The van der Waals surface area contributed by atoms with Gasteiger partial charge in [0.15, 0.2) is 0 Å². The van der Waals surface area contributed by atoms with Crippen LogP contribution in [0.15, 0.2) is 48.2 Å². The van der Waals surface area contributed by atoms with E-state index in [1.54, 1.807) is 6.07 Å². The Morgan fingerprint density at radius 2 is 2.00 bits per heavy atom. The lowest BCUT2D eigenvalue weighted by Gasteiger charge is -2.18. The zero-order valence-electron chi connectivity index (χ0n) is 14.5. The van der Waals surface area contributed by atoms with Crippen LogP contribution in [0.3, 0.4) is 0 Å². The second-order valence-electron chi connectivity index (χ2n) is 6.57. The van der Waals surface area contributed by atoms with Gasteiger partial charge in [0.2, 0.25) is 0 Å². The molecule has 1 aromatic heterocycles. The third-order valence-corrected chi connectivity index (χ3v) is 4.59. The SMILES string of the molecule is Br.CC(C1=C(CCN(C)C)Cc2cc(O)ccc21)c1ccccn1. The van der Waals surface area contributed by atoms with Crippen molar-refractivity contribution in [3.63, 3.8) is 0 Å². The Labute approximate surface area is 154 Å². The summed E-state index contributed by atoms with van der Waals surface area (Å²) >= 11 is 0. The predicted octanol–water partition coefficient (Wildman–Crippen LogP) is 4.43.